The summed E-state index contributed by atoms with van der Waals surface area (Å²) in [6.07, 6.45) is 3.68. The molecule has 188 valence electrons. The molecule has 0 bridgehead atoms. The maximum atomic E-state index is 3.95. The lowest BCUT2D eigenvalue weighted by atomic mass is 9.86. The Labute approximate surface area is 199 Å². The molecular weight excluding hydrogens is 396 g/mol. The zero-order valence-electron chi connectivity index (χ0n) is 22.5. The fourth-order valence-electron chi connectivity index (χ4n) is 6.47. The molecule has 2 unspecified atom stereocenters. The number of piperazine rings is 2. The summed E-state index contributed by atoms with van der Waals surface area (Å²) in [6, 6.07) is 2.87. The molecule has 32 heavy (non-hydrogen) atoms. The van der Waals surface area contributed by atoms with Crippen LogP contribution in [-0.2, 0) is 0 Å². The summed E-state index contributed by atoms with van der Waals surface area (Å²) < 4.78 is 0. The molecule has 3 aliphatic heterocycles. The molecule has 0 amide bonds. The van der Waals surface area contributed by atoms with E-state index in [0.29, 0.717) is 30.2 Å². The SMILES string of the molecule is CC1CN(C(C)(C)C[C@H]2CN(C(C)C)C[C@@H](C)N2)CC(CC(C)(C)N2CCCNCC2)N1. The van der Waals surface area contributed by atoms with E-state index in [1.165, 1.54) is 45.4 Å². The molecule has 3 heterocycles. The van der Waals surface area contributed by atoms with E-state index in [1.54, 1.807) is 0 Å². The summed E-state index contributed by atoms with van der Waals surface area (Å²) in [5.74, 6) is 0. The van der Waals surface area contributed by atoms with Crippen LogP contribution in [0.2, 0.25) is 0 Å². The topological polar surface area (TPSA) is 45.8 Å². The van der Waals surface area contributed by atoms with Crippen molar-refractivity contribution in [1.82, 2.24) is 30.7 Å². The molecule has 3 saturated heterocycles. The third-order valence-corrected chi connectivity index (χ3v) is 8.21. The van der Waals surface area contributed by atoms with Gasteiger partial charge in [0.1, 0.15) is 0 Å². The van der Waals surface area contributed by atoms with Gasteiger partial charge >= 0.3 is 0 Å². The smallest absolute Gasteiger partial charge is 0.0215 e. The minimum absolute atomic E-state index is 0.197. The Hall–Kier alpha value is -0.240. The van der Waals surface area contributed by atoms with Gasteiger partial charge in [-0.1, -0.05) is 0 Å². The van der Waals surface area contributed by atoms with Gasteiger partial charge < -0.3 is 16.0 Å². The lowest BCUT2D eigenvalue weighted by Gasteiger charge is -2.51. The van der Waals surface area contributed by atoms with Crippen molar-refractivity contribution < 1.29 is 0 Å². The molecule has 0 radical (unpaired) electrons. The average molecular weight is 451 g/mol. The van der Waals surface area contributed by atoms with Crippen LogP contribution in [-0.4, -0.2) is 108 Å². The second kappa shape index (κ2) is 11.0. The van der Waals surface area contributed by atoms with Gasteiger partial charge in [0.25, 0.3) is 0 Å². The molecule has 4 atom stereocenters. The Balaban J connectivity index is 1.61. The van der Waals surface area contributed by atoms with E-state index in [1.807, 2.05) is 0 Å². The molecule has 3 N–H and O–H groups in total. The second-order valence-electron chi connectivity index (χ2n) is 12.6. The third kappa shape index (κ3) is 7.13. The van der Waals surface area contributed by atoms with E-state index in [9.17, 15) is 0 Å². The van der Waals surface area contributed by atoms with Gasteiger partial charge in [-0.25, -0.2) is 0 Å². The Morgan fingerprint density at radius 1 is 0.750 bits per heavy atom. The first kappa shape index (κ1) is 26.4. The van der Waals surface area contributed by atoms with Crippen LogP contribution in [0.15, 0.2) is 0 Å². The zero-order chi connectivity index (χ0) is 23.5. The molecule has 0 aromatic carbocycles. The van der Waals surface area contributed by atoms with Crippen molar-refractivity contribution in [2.75, 3.05) is 52.4 Å². The first-order valence-electron chi connectivity index (χ1n) is 13.4. The molecule has 3 aliphatic rings. The van der Waals surface area contributed by atoms with Crippen molar-refractivity contribution in [3.05, 3.63) is 0 Å². The van der Waals surface area contributed by atoms with E-state index in [2.05, 4.69) is 86.0 Å². The van der Waals surface area contributed by atoms with Gasteiger partial charge in [0, 0.05) is 80.6 Å². The van der Waals surface area contributed by atoms with Crippen molar-refractivity contribution in [3.63, 3.8) is 0 Å². The second-order valence-corrected chi connectivity index (χ2v) is 12.6. The summed E-state index contributed by atoms with van der Waals surface area (Å²) in [5, 5.41) is 11.4. The highest BCUT2D eigenvalue weighted by Gasteiger charge is 2.39. The third-order valence-electron chi connectivity index (χ3n) is 8.21. The van der Waals surface area contributed by atoms with Crippen molar-refractivity contribution in [3.8, 4) is 0 Å². The van der Waals surface area contributed by atoms with Gasteiger partial charge in [0.05, 0.1) is 0 Å². The van der Waals surface area contributed by atoms with E-state index in [4.69, 9.17) is 0 Å². The highest BCUT2D eigenvalue weighted by atomic mass is 15.3. The van der Waals surface area contributed by atoms with Gasteiger partial charge in [0.2, 0.25) is 0 Å². The van der Waals surface area contributed by atoms with Crippen LogP contribution in [0.3, 0.4) is 0 Å². The van der Waals surface area contributed by atoms with Crippen molar-refractivity contribution in [2.24, 2.45) is 0 Å². The first-order valence-corrected chi connectivity index (χ1v) is 13.4. The quantitative estimate of drug-likeness (QED) is 0.553. The normalized spacial score (nSPS) is 32.9. The summed E-state index contributed by atoms with van der Waals surface area (Å²) in [4.78, 5) is 8.17. The highest BCUT2D eigenvalue weighted by molar-refractivity contribution is 4.99. The fourth-order valence-corrected chi connectivity index (χ4v) is 6.47. The highest BCUT2D eigenvalue weighted by Crippen LogP contribution is 2.29. The molecule has 0 saturated carbocycles. The molecule has 3 rings (SSSR count). The summed E-state index contributed by atoms with van der Waals surface area (Å²) in [6.45, 7) is 28.6. The van der Waals surface area contributed by atoms with Crippen molar-refractivity contribution in [1.29, 1.82) is 0 Å². The number of nitrogens with zero attached hydrogens (tertiary/aromatic N) is 3. The van der Waals surface area contributed by atoms with E-state index in [0.717, 1.165) is 26.2 Å². The molecule has 6 heteroatoms. The lowest BCUT2D eigenvalue weighted by molar-refractivity contribution is 0.0203. The van der Waals surface area contributed by atoms with E-state index < -0.39 is 0 Å². The standard InChI is InChI=1S/C26H54N6/c1-20(2)30-16-21(3)28-23(18-30)14-26(7,8)32-17-22(4)29-24(19-32)15-25(5,6)31-12-9-10-27-11-13-31/h20-24,27-29H,9-19H2,1-8H3/t21-,22?,23+,24?/m1/s1. The lowest BCUT2D eigenvalue weighted by Crippen LogP contribution is -2.65. The van der Waals surface area contributed by atoms with Crippen molar-refractivity contribution >= 4 is 0 Å². The Morgan fingerprint density at radius 3 is 2.00 bits per heavy atom. The number of hydrogen-bond donors (Lipinski definition) is 3. The minimum atomic E-state index is 0.197. The minimum Gasteiger partial charge on any atom is -0.315 e. The first-order chi connectivity index (χ1) is 15.0. The maximum absolute atomic E-state index is 3.95. The summed E-state index contributed by atoms with van der Waals surface area (Å²) >= 11 is 0. The summed E-state index contributed by atoms with van der Waals surface area (Å²) in [7, 11) is 0. The summed E-state index contributed by atoms with van der Waals surface area (Å²) in [5.41, 5.74) is 0.428. The Morgan fingerprint density at radius 2 is 1.34 bits per heavy atom. The molecule has 0 spiro atoms. The maximum Gasteiger partial charge on any atom is 0.0215 e. The van der Waals surface area contributed by atoms with E-state index >= 15 is 0 Å². The zero-order valence-corrected chi connectivity index (χ0v) is 22.5. The average Bonchev–Trinajstić information content (AvgIpc) is 2.96. The molecule has 0 aromatic rings. The molecule has 0 aliphatic carbocycles. The van der Waals surface area contributed by atoms with Crippen LogP contribution in [0.1, 0.15) is 74.7 Å². The molecular formula is C26H54N6. The Bertz CT molecular complexity index is 569. The van der Waals surface area contributed by atoms with Gasteiger partial charge in [-0.15, -0.1) is 0 Å². The van der Waals surface area contributed by atoms with Crippen LogP contribution in [0.4, 0.5) is 0 Å². The van der Waals surface area contributed by atoms with Crippen molar-refractivity contribution in [2.45, 2.75) is 116 Å². The fraction of sp³-hybridized carbons (Fsp3) is 1.00. The van der Waals surface area contributed by atoms with Crippen LogP contribution < -0.4 is 16.0 Å². The number of hydrogen-bond acceptors (Lipinski definition) is 6. The van der Waals surface area contributed by atoms with Gasteiger partial charge in [-0.05, 0) is 87.7 Å². The van der Waals surface area contributed by atoms with Crippen LogP contribution in [0.25, 0.3) is 0 Å². The van der Waals surface area contributed by atoms with Crippen LogP contribution >= 0.6 is 0 Å². The number of nitrogens with one attached hydrogen (secondary N) is 3. The Kier molecular flexibility index (Phi) is 9.07. The largest absolute Gasteiger partial charge is 0.315 e. The monoisotopic (exact) mass is 450 g/mol. The predicted molar refractivity (Wildman–Crippen MR) is 138 cm³/mol. The molecule has 0 aromatic heterocycles. The molecule has 6 nitrogen and oxygen atoms in total. The molecule has 3 fully saturated rings. The number of rotatable bonds is 7. The van der Waals surface area contributed by atoms with Gasteiger partial charge in [-0.2, -0.15) is 0 Å². The van der Waals surface area contributed by atoms with Crippen LogP contribution in [0.5, 0.6) is 0 Å². The van der Waals surface area contributed by atoms with Gasteiger partial charge in [0.15, 0.2) is 0 Å². The van der Waals surface area contributed by atoms with Crippen LogP contribution in [0, 0.1) is 0 Å². The van der Waals surface area contributed by atoms with Gasteiger partial charge in [-0.3, -0.25) is 14.7 Å². The van der Waals surface area contributed by atoms with E-state index in [-0.39, 0.29) is 11.1 Å². The predicted octanol–water partition coefficient (Wildman–Crippen LogP) is 2.35.